The first-order chi connectivity index (χ1) is 2.81. The number of carbonyl (C=O) groups is 2. The van der Waals surface area contributed by atoms with Crippen molar-refractivity contribution >= 4 is 61.8 Å². The first kappa shape index (κ1) is 32.2. The molecular formula is C2H5Cl4NO3. The van der Waals surface area contributed by atoms with E-state index in [-0.39, 0.29) is 55.9 Å². The van der Waals surface area contributed by atoms with E-state index in [9.17, 15) is 4.79 Å². The fourth-order valence-corrected chi connectivity index (χ4v) is 0.0215. The highest BCUT2D eigenvalue weighted by Crippen LogP contribution is 1.58. The van der Waals surface area contributed by atoms with E-state index in [1.807, 2.05) is 0 Å². The van der Waals surface area contributed by atoms with E-state index < -0.39 is 5.91 Å². The molecule has 0 radical (unpaired) electrons. The lowest BCUT2D eigenvalue weighted by Gasteiger charge is -1.57. The number of nitroso groups, excluding NO2 is 1. The van der Waals surface area contributed by atoms with E-state index in [1.54, 1.807) is 5.18 Å². The Morgan fingerprint density at radius 3 is 1.40 bits per heavy atom. The highest BCUT2D eigenvalue weighted by molar-refractivity contribution is 6.24. The Hall–Kier alpha value is 0.1000. The summed E-state index contributed by atoms with van der Waals surface area (Å²) in [7, 11) is 0. The molecule has 4 nitrogen and oxygen atoms in total. The van der Waals surface area contributed by atoms with Crippen LogP contribution in [0, 0.1) is 4.91 Å². The van der Waals surface area contributed by atoms with Crippen LogP contribution < -0.4 is 0 Å². The third kappa shape index (κ3) is 24.3. The summed E-state index contributed by atoms with van der Waals surface area (Å²) >= 11 is 0. The Balaban J connectivity index is -0.0000000208. The summed E-state index contributed by atoms with van der Waals surface area (Å²) < 4.78 is 0. The maximum absolute atomic E-state index is 9.33. The van der Waals surface area contributed by atoms with Crippen LogP contribution in [0.25, 0.3) is 0 Å². The van der Waals surface area contributed by atoms with Crippen LogP contribution in [0.4, 0.5) is 0 Å². The maximum atomic E-state index is 9.33. The largest absolute Gasteiger partial charge is 0.348 e. The lowest BCUT2D eigenvalue weighted by atomic mass is 10.7. The van der Waals surface area contributed by atoms with Gasteiger partial charge in [0.1, 0.15) is 0 Å². The van der Waals surface area contributed by atoms with Crippen molar-refractivity contribution in [3.05, 3.63) is 4.91 Å². The third-order valence-electron chi connectivity index (χ3n) is 0.191. The van der Waals surface area contributed by atoms with Crippen LogP contribution in [0.3, 0.4) is 0 Å². The molecule has 0 spiro atoms. The van der Waals surface area contributed by atoms with E-state index in [2.05, 4.69) is 0 Å². The van der Waals surface area contributed by atoms with Gasteiger partial charge in [0, 0.05) is 5.18 Å². The van der Waals surface area contributed by atoms with E-state index in [0.717, 1.165) is 0 Å². The van der Waals surface area contributed by atoms with Crippen molar-refractivity contribution in [2.75, 3.05) is 0 Å². The predicted octanol–water partition coefficient (Wildman–Crippen LogP) is 1.17. The van der Waals surface area contributed by atoms with Crippen molar-refractivity contribution in [3.63, 3.8) is 0 Å². The molecule has 0 aliphatic carbocycles. The quantitative estimate of drug-likeness (QED) is 0.387. The minimum absolute atomic E-state index is 0. The van der Waals surface area contributed by atoms with Crippen LogP contribution in [0.2, 0.25) is 0 Å². The molecule has 0 aromatic heterocycles. The van der Waals surface area contributed by atoms with Gasteiger partial charge in [0.25, 0.3) is 0 Å². The Labute approximate surface area is 81.7 Å². The summed E-state index contributed by atoms with van der Waals surface area (Å²) in [5, 5.41) is 1.75. The molecule has 0 saturated heterocycles. The number of carbonyl (C=O) groups excluding carboxylic acids is 2. The summed E-state index contributed by atoms with van der Waals surface area (Å²) in [5.74, 6) is -1.27. The molecule has 0 saturated carbocycles. The predicted molar refractivity (Wildman–Crippen MR) is 45.9 cm³/mol. The fourth-order valence-electron chi connectivity index (χ4n) is 0.0215. The van der Waals surface area contributed by atoms with Gasteiger partial charge in [-0.1, -0.05) is 0 Å². The van der Waals surface area contributed by atoms with Gasteiger partial charge in [-0.2, -0.15) is 0 Å². The Morgan fingerprint density at radius 1 is 1.10 bits per heavy atom. The first-order valence-electron chi connectivity index (χ1n) is 1.13. The van der Waals surface area contributed by atoms with Gasteiger partial charge in [0.2, 0.25) is 6.29 Å². The molecule has 0 aromatic carbocycles. The summed E-state index contributed by atoms with van der Waals surface area (Å²) in [4.78, 5) is 27.3. The topological polar surface area (TPSA) is 63.6 Å². The zero-order valence-corrected chi connectivity index (χ0v) is 7.65. The van der Waals surface area contributed by atoms with Crippen LogP contribution in [0.5, 0.6) is 0 Å². The molecule has 10 heavy (non-hydrogen) atoms. The summed E-state index contributed by atoms with van der Waals surface area (Å²) in [6.45, 7) is 0. The Kier molecular flexibility index (Phi) is 73.8. The molecule has 0 unspecified atom stereocenters. The van der Waals surface area contributed by atoms with Gasteiger partial charge in [0.05, 0.1) is 0 Å². The number of rotatable bonds is 1. The number of aldehydes is 1. The molecule has 0 aromatic rings. The molecule has 64 valence electrons. The van der Waals surface area contributed by atoms with Crippen LogP contribution in [0.1, 0.15) is 0 Å². The molecule has 0 atom stereocenters. The summed E-state index contributed by atoms with van der Waals surface area (Å²) in [6.07, 6.45) is -0.146. The zero-order chi connectivity index (χ0) is 4.99. The van der Waals surface area contributed by atoms with Gasteiger partial charge in [-0.15, -0.1) is 54.5 Å². The monoisotopic (exact) mass is 231 g/mol. The average Bonchev–Trinajstić information content (AvgIpc) is 1.65. The highest BCUT2D eigenvalue weighted by Gasteiger charge is 1.89. The van der Waals surface area contributed by atoms with E-state index >= 15 is 0 Å². The van der Waals surface area contributed by atoms with Gasteiger partial charge in [-0.3, -0.25) is 9.59 Å². The van der Waals surface area contributed by atoms with Crippen molar-refractivity contribution in [1.82, 2.24) is 0 Å². The van der Waals surface area contributed by atoms with E-state index in [4.69, 9.17) is 9.70 Å². The molecule has 1 amide bonds. The SMILES string of the molecule is Cl.Cl.Cl.Cl.O=CC(=O)N=O. The number of hydrogen-bond donors (Lipinski definition) is 0. The van der Waals surface area contributed by atoms with Crippen molar-refractivity contribution in [3.8, 4) is 0 Å². The molecular weight excluding hydrogens is 228 g/mol. The molecule has 0 fully saturated rings. The molecule has 8 heteroatoms. The normalized spacial score (nSPS) is 4.00. The summed E-state index contributed by atoms with van der Waals surface area (Å²) in [5.41, 5.74) is 0. The van der Waals surface area contributed by atoms with Crippen molar-refractivity contribution in [2.45, 2.75) is 0 Å². The highest BCUT2D eigenvalue weighted by atomic mass is 35.5. The number of amides is 1. The lowest BCUT2D eigenvalue weighted by molar-refractivity contribution is -0.129. The molecule has 0 rings (SSSR count). The molecule has 0 heterocycles. The molecule has 0 aliphatic rings. The van der Waals surface area contributed by atoms with Crippen molar-refractivity contribution in [1.29, 1.82) is 0 Å². The standard InChI is InChI=1S/C2HNO3.4ClH/c4-1-2(5)3-6;;;;/h1H;4*1H. The zero-order valence-electron chi connectivity index (χ0n) is 4.38. The van der Waals surface area contributed by atoms with Crippen molar-refractivity contribution in [2.24, 2.45) is 5.18 Å². The second-order valence-electron chi connectivity index (χ2n) is 0.547. The Morgan fingerprint density at radius 2 is 1.40 bits per heavy atom. The van der Waals surface area contributed by atoms with Crippen LogP contribution >= 0.6 is 49.6 Å². The number of halogens is 4. The van der Waals surface area contributed by atoms with E-state index in [1.165, 1.54) is 0 Å². The Bertz CT molecular complexity index is 86.5. The van der Waals surface area contributed by atoms with Gasteiger partial charge >= 0.3 is 5.91 Å². The van der Waals surface area contributed by atoms with Crippen LogP contribution in [-0.4, -0.2) is 12.2 Å². The van der Waals surface area contributed by atoms with Gasteiger partial charge in [-0.05, 0) is 0 Å². The summed E-state index contributed by atoms with van der Waals surface area (Å²) in [6, 6.07) is 0. The number of nitrogens with zero attached hydrogens (tertiary/aromatic N) is 1. The third-order valence-corrected chi connectivity index (χ3v) is 0.191. The minimum atomic E-state index is -1.27. The fraction of sp³-hybridized carbons (Fsp3) is 0. The molecule has 0 aliphatic heterocycles. The smallest absolute Gasteiger partial charge is 0.292 e. The lowest BCUT2D eigenvalue weighted by Crippen LogP contribution is -1.88. The van der Waals surface area contributed by atoms with Crippen LogP contribution in [-0.2, 0) is 9.59 Å². The first-order valence-corrected chi connectivity index (χ1v) is 1.13. The second-order valence-corrected chi connectivity index (χ2v) is 0.547. The number of hydrogen-bond acceptors (Lipinski definition) is 3. The van der Waals surface area contributed by atoms with Gasteiger partial charge < -0.3 is 0 Å². The van der Waals surface area contributed by atoms with Gasteiger partial charge in [0.15, 0.2) is 0 Å². The van der Waals surface area contributed by atoms with Crippen LogP contribution in [0.15, 0.2) is 5.18 Å². The molecule has 0 N–H and O–H groups in total. The van der Waals surface area contributed by atoms with E-state index in [0.29, 0.717) is 0 Å². The molecule has 0 bridgehead atoms. The minimum Gasteiger partial charge on any atom is -0.292 e. The average molecular weight is 233 g/mol. The maximum Gasteiger partial charge on any atom is 0.348 e. The van der Waals surface area contributed by atoms with Gasteiger partial charge in [-0.25, -0.2) is 0 Å². The second kappa shape index (κ2) is 23.0. The van der Waals surface area contributed by atoms with Crippen molar-refractivity contribution < 1.29 is 9.59 Å².